The molecule has 0 aromatic heterocycles. The Bertz CT molecular complexity index is 530. The number of rotatable bonds is 5. The van der Waals surface area contributed by atoms with Crippen molar-refractivity contribution in [3.8, 4) is 11.5 Å². The second-order valence-corrected chi connectivity index (χ2v) is 8.90. The van der Waals surface area contributed by atoms with Gasteiger partial charge in [-0.05, 0) is 61.7 Å². The second kappa shape index (κ2) is 6.67. The van der Waals surface area contributed by atoms with E-state index in [1.807, 2.05) is 39.0 Å². The Labute approximate surface area is 137 Å². The first-order valence-electron chi connectivity index (χ1n) is 7.00. The third-order valence-electron chi connectivity index (χ3n) is 3.45. The van der Waals surface area contributed by atoms with Crippen molar-refractivity contribution in [3.63, 3.8) is 0 Å². The van der Waals surface area contributed by atoms with Gasteiger partial charge in [0, 0.05) is 0 Å². The van der Waals surface area contributed by atoms with Gasteiger partial charge in [0.15, 0.2) is 0 Å². The van der Waals surface area contributed by atoms with Gasteiger partial charge in [-0.1, -0.05) is 6.07 Å². The van der Waals surface area contributed by atoms with Crippen molar-refractivity contribution >= 4 is 26.9 Å². The highest BCUT2D eigenvalue weighted by molar-refractivity contribution is 9.10. The molecule has 118 valence electrons. The Morgan fingerprint density at radius 1 is 1.29 bits per heavy atom. The lowest BCUT2D eigenvalue weighted by Gasteiger charge is -2.38. The quantitative estimate of drug-likeness (QED) is 0.857. The first-order chi connectivity index (χ1) is 9.82. The summed E-state index contributed by atoms with van der Waals surface area (Å²) in [4.78, 5) is 0. The summed E-state index contributed by atoms with van der Waals surface area (Å²) in [6.45, 7) is 5.88. The number of ether oxygens (including phenoxy) is 2. The van der Waals surface area contributed by atoms with Gasteiger partial charge in [0.2, 0.25) is 0 Å². The van der Waals surface area contributed by atoms with Gasteiger partial charge in [-0.15, -0.1) is 0 Å². The SMILES string of the molecule is COc1cccc(O[C@@H]2CC[C@H]2NS(=O)C(C)(C)C)c1Br. The van der Waals surface area contributed by atoms with Crippen molar-refractivity contribution in [2.75, 3.05) is 7.11 Å². The van der Waals surface area contributed by atoms with E-state index in [1.54, 1.807) is 7.11 Å². The largest absolute Gasteiger partial charge is 0.495 e. The van der Waals surface area contributed by atoms with Crippen LogP contribution in [0.25, 0.3) is 0 Å². The zero-order valence-electron chi connectivity index (χ0n) is 12.8. The first kappa shape index (κ1) is 16.8. The fourth-order valence-corrected chi connectivity index (χ4v) is 3.38. The van der Waals surface area contributed by atoms with E-state index in [1.165, 1.54) is 0 Å². The van der Waals surface area contributed by atoms with Crippen LogP contribution < -0.4 is 14.2 Å². The zero-order chi connectivity index (χ0) is 15.6. The molecule has 0 amide bonds. The summed E-state index contributed by atoms with van der Waals surface area (Å²) in [5.74, 6) is 1.50. The van der Waals surface area contributed by atoms with Crippen molar-refractivity contribution in [1.29, 1.82) is 0 Å². The van der Waals surface area contributed by atoms with E-state index in [2.05, 4.69) is 20.7 Å². The number of hydrogen-bond donors (Lipinski definition) is 1. The molecule has 1 N–H and O–H groups in total. The molecule has 1 aromatic carbocycles. The molecule has 1 unspecified atom stereocenters. The van der Waals surface area contributed by atoms with Gasteiger partial charge in [0.1, 0.15) is 22.1 Å². The smallest absolute Gasteiger partial charge is 0.137 e. The fraction of sp³-hybridized carbons (Fsp3) is 0.600. The van der Waals surface area contributed by atoms with Crippen LogP contribution in [0.1, 0.15) is 33.6 Å². The molecule has 0 spiro atoms. The summed E-state index contributed by atoms with van der Waals surface area (Å²) in [5, 5.41) is 0. The molecule has 0 bridgehead atoms. The van der Waals surface area contributed by atoms with E-state index < -0.39 is 11.0 Å². The molecule has 21 heavy (non-hydrogen) atoms. The predicted molar refractivity (Wildman–Crippen MR) is 89.2 cm³/mol. The van der Waals surface area contributed by atoms with Gasteiger partial charge in [0.25, 0.3) is 0 Å². The van der Waals surface area contributed by atoms with E-state index in [0.717, 1.165) is 28.8 Å². The highest BCUT2D eigenvalue weighted by atomic mass is 79.9. The van der Waals surface area contributed by atoms with Crippen LogP contribution in [0.15, 0.2) is 22.7 Å². The summed E-state index contributed by atoms with van der Waals surface area (Å²) >= 11 is 3.50. The average molecular weight is 376 g/mol. The molecule has 1 aliphatic rings. The third-order valence-corrected chi connectivity index (χ3v) is 5.86. The lowest BCUT2D eigenvalue weighted by atomic mass is 9.90. The van der Waals surface area contributed by atoms with Crippen LogP contribution >= 0.6 is 15.9 Å². The highest BCUT2D eigenvalue weighted by Crippen LogP contribution is 2.37. The van der Waals surface area contributed by atoms with Crippen LogP contribution in [0.4, 0.5) is 0 Å². The van der Waals surface area contributed by atoms with Gasteiger partial charge < -0.3 is 9.47 Å². The maximum absolute atomic E-state index is 12.1. The molecule has 1 aromatic rings. The topological polar surface area (TPSA) is 47.6 Å². The zero-order valence-corrected chi connectivity index (χ0v) is 15.2. The van der Waals surface area contributed by atoms with Crippen molar-refractivity contribution in [2.24, 2.45) is 0 Å². The minimum Gasteiger partial charge on any atom is -0.495 e. The van der Waals surface area contributed by atoms with Gasteiger partial charge in [-0.3, -0.25) is 0 Å². The summed E-state index contributed by atoms with van der Waals surface area (Å²) < 4.78 is 27.2. The van der Waals surface area contributed by atoms with Crippen molar-refractivity contribution in [3.05, 3.63) is 22.7 Å². The van der Waals surface area contributed by atoms with Crippen LogP contribution in [0.5, 0.6) is 11.5 Å². The molecule has 0 aliphatic heterocycles. The minimum absolute atomic E-state index is 0.0414. The predicted octanol–water partition coefficient (Wildman–Crippen LogP) is 3.42. The van der Waals surface area contributed by atoms with Crippen molar-refractivity contribution in [2.45, 2.75) is 50.5 Å². The van der Waals surface area contributed by atoms with E-state index in [9.17, 15) is 4.21 Å². The highest BCUT2D eigenvalue weighted by Gasteiger charge is 2.36. The van der Waals surface area contributed by atoms with Gasteiger partial charge >= 0.3 is 0 Å². The Kier molecular flexibility index (Phi) is 5.33. The molecule has 1 fully saturated rings. The fourth-order valence-electron chi connectivity index (χ4n) is 1.96. The first-order valence-corrected chi connectivity index (χ1v) is 8.94. The number of benzene rings is 1. The Morgan fingerprint density at radius 2 is 1.95 bits per heavy atom. The van der Waals surface area contributed by atoms with Gasteiger partial charge in [-0.25, -0.2) is 8.93 Å². The molecule has 2 rings (SSSR count). The second-order valence-electron chi connectivity index (χ2n) is 6.11. The lowest BCUT2D eigenvalue weighted by molar-refractivity contribution is 0.0842. The monoisotopic (exact) mass is 375 g/mol. The lowest BCUT2D eigenvalue weighted by Crippen LogP contribution is -2.53. The molecule has 1 saturated carbocycles. The molecule has 6 heteroatoms. The maximum Gasteiger partial charge on any atom is 0.137 e. The summed E-state index contributed by atoms with van der Waals surface area (Å²) in [5.41, 5.74) is 0. The third kappa shape index (κ3) is 3.99. The van der Waals surface area contributed by atoms with Crippen molar-refractivity contribution in [1.82, 2.24) is 4.72 Å². The normalized spacial score (nSPS) is 23.3. The minimum atomic E-state index is -1.07. The van der Waals surface area contributed by atoms with Crippen molar-refractivity contribution < 1.29 is 13.7 Å². The standard InChI is InChI=1S/C15H22BrNO3S/c1-15(2,3)21(18)17-10-8-9-11(10)20-13-7-5-6-12(19-4)14(13)16/h5-7,10-11,17H,8-9H2,1-4H3/t10-,11-,21?/m1/s1. The number of methoxy groups -OCH3 is 1. The molecular formula is C15H22BrNO3S. The van der Waals surface area contributed by atoms with Crippen LogP contribution in [0.3, 0.4) is 0 Å². The molecule has 0 radical (unpaired) electrons. The maximum atomic E-state index is 12.1. The molecule has 4 nitrogen and oxygen atoms in total. The molecule has 0 saturated heterocycles. The van der Waals surface area contributed by atoms with Crippen LogP contribution in [0, 0.1) is 0 Å². The van der Waals surface area contributed by atoms with Gasteiger partial charge in [0.05, 0.1) is 28.9 Å². The Balaban J connectivity index is 2.00. The summed E-state index contributed by atoms with van der Waals surface area (Å²) in [6.07, 6.45) is 1.98. The Morgan fingerprint density at radius 3 is 2.48 bits per heavy atom. The van der Waals surface area contributed by atoms with E-state index >= 15 is 0 Å². The van der Waals surface area contributed by atoms with E-state index in [0.29, 0.717) is 0 Å². The Hall–Kier alpha value is -0.590. The van der Waals surface area contributed by atoms with Crippen LogP contribution in [-0.4, -0.2) is 28.2 Å². The molecule has 3 atom stereocenters. The van der Waals surface area contributed by atoms with E-state index in [4.69, 9.17) is 9.47 Å². The van der Waals surface area contributed by atoms with Crippen LogP contribution in [-0.2, 0) is 11.0 Å². The molecule has 0 heterocycles. The summed E-state index contributed by atoms with van der Waals surface area (Å²) in [6, 6.07) is 5.81. The number of nitrogens with one attached hydrogen (secondary N) is 1. The molecular weight excluding hydrogens is 354 g/mol. The number of halogens is 1. The van der Waals surface area contributed by atoms with Gasteiger partial charge in [-0.2, -0.15) is 0 Å². The summed E-state index contributed by atoms with van der Waals surface area (Å²) in [7, 11) is 0.557. The molecule has 1 aliphatic carbocycles. The number of hydrogen-bond acceptors (Lipinski definition) is 3. The van der Waals surface area contributed by atoms with Crippen LogP contribution in [0.2, 0.25) is 0 Å². The average Bonchev–Trinajstić information content (AvgIpc) is 2.41. The van der Waals surface area contributed by atoms with E-state index in [-0.39, 0.29) is 16.9 Å².